The lowest BCUT2D eigenvalue weighted by atomic mass is 9.98. The second-order valence-corrected chi connectivity index (χ2v) is 5.90. The highest BCUT2D eigenvalue weighted by molar-refractivity contribution is 6.30. The standard InChI is InChI=1S/C16H21ClFN3/c1-10-14(11(2)21(3)20-10)8-7-13(19)9-12-5-4-6-15(17)16(12)18/h4-6,13H,7-9,19H2,1-3H3. The highest BCUT2D eigenvalue weighted by Gasteiger charge is 2.14. The predicted octanol–water partition coefficient (Wildman–Crippen LogP) is 3.33. The van der Waals surface area contributed by atoms with Gasteiger partial charge in [0.2, 0.25) is 0 Å². The molecule has 114 valence electrons. The van der Waals surface area contributed by atoms with Gasteiger partial charge in [0, 0.05) is 18.8 Å². The van der Waals surface area contributed by atoms with Gasteiger partial charge in [0.05, 0.1) is 10.7 Å². The van der Waals surface area contributed by atoms with Crippen LogP contribution in [-0.2, 0) is 19.9 Å². The van der Waals surface area contributed by atoms with E-state index in [4.69, 9.17) is 17.3 Å². The first-order valence-electron chi connectivity index (χ1n) is 7.07. The maximum atomic E-state index is 13.9. The summed E-state index contributed by atoms with van der Waals surface area (Å²) in [7, 11) is 1.94. The van der Waals surface area contributed by atoms with Crippen molar-refractivity contribution >= 4 is 11.6 Å². The summed E-state index contributed by atoms with van der Waals surface area (Å²) in [6.45, 7) is 4.06. The normalized spacial score (nSPS) is 12.7. The van der Waals surface area contributed by atoms with E-state index in [-0.39, 0.29) is 16.9 Å². The van der Waals surface area contributed by atoms with Crippen molar-refractivity contribution < 1.29 is 4.39 Å². The Balaban J connectivity index is 1.99. The molecule has 0 aliphatic rings. The molecule has 2 aromatic rings. The van der Waals surface area contributed by atoms with Crippen LogP contribution in [0.3, 0.4) is 0 Å². The lowest BCUT2D eigenvalue weighted by Gasteiger charge is -2.13. The quantitative estimate of drug-likeness (QED) is 0.920. The first-order chi connectivity index (χ1) is 9.90. The summed E-state index contributed by atoms with van der Waals surface area (Å²) in [6, 6.07) is 4.94. The number of rotatable bonds is 5. The van der Waals surface area contributed by atoms with Crippen LogP contribution in [0.15, 0.2) is 18.2 Å². The molecule has 1 aromatic carbocycles. The Morgan fingerprint density at radius 2 is 2.10 bits per heavy atom. The average molecular weight is 310 g/mol. The molecule has 0 saturated carbocycles. The summed E-state index contributed by atoms with van der Waals surface area (Å²) in [5.74, 6) is -0.358. The van der Waals surface area contributed by atoms with Gasteiger partial charge in [-0.05, 0) is 50.3 Å². The zero-order valence-corrected chi connectivity index (χ0v) is 13.4. The van der Waals surface area contributed by atoms with E-state index in [0.29, 0.717) is 12.0 Å². The van der Waals surface area contributed by atoms with Crippen molar-refractivity contribution in [1.29, 1.82) is 0 Å². The maximum absolute atomic E-state index is 13.9. The number of hydrogen-bond donors (Lipinski definition) is 1. The molecule has 3 nitrogen and oxygen atoms in total. The molecule has 0 aliphatic heterocycles. The van der Waals surface area contributed by atoms with Gasteiger partial charge in [0.15, 0.2) is 0 Å². The summed E-state index contributed by atoms with van der Waals surface area (Å²) in [4.78, 5) is 0. The molecular weight excluding hydrogens is 289 g/mol. The molecule has 5 heteroatoms. The predicted molar refractivity (Wildman–Crippen MR) is 84.1 cm³/mol. The van der Waals surface area contributed by atoms with Gasteiger partial charge < -0.3 is 5.73 Å². The fourth-order valence-corrected chi connectivity index (χ4v) is 2.79. The van der Waals surface area contributed by atoms with Gasteiger partial charge in [-0.1, -0.05) is 23.7 Å². The van der Waals surface area contributed by atoms with Gasteiger partial charge in [-0.3, -0.25) is 4.68 Å². The minimum Gasteiger partial charge on any atom is -0.327 e. The van der Waals surface area contributed by atoms with E-state index in [1.807, 2.05) is 18.7 Å². The summed E-state index contributed by atoms with van der Waals surface area (Å²) in [5, 5.41) is 4.55. The number of nitrogens with two attached hydrogens (primary N) is 1. The van der Waals surface area contributed by atoms with Crippen LogP contribution in [0.25, 0.3) is 0 Å². The van der Waals surface area contributed by atoms with E-state index < -0.39 is 0 Å². The molecule has 0 bridgehead atoms. The van der Waals surface area contributed by atoms with Gasteiger partial charge in [-0.15, -0.1) is 0 Å². The topological polar surface area (TPSA) is 43.8 Å². The fraction of sp³-hybridized carbons (Fsp3) is 0.438. The molecule has 1 atom stereocenters. The van der Waals surface area contributed by atoms with Crippen molar-refractivity contribution in [2.75, 3.05) is 0 Å². The van der Waals surface area contributed by atoms with Gasteiger partial charge in [-0.25, -0.2) is 4.39 Å². The number of hydrogen-bond acceptors (Lipinski definition) is 2. The Labute approximate surface area is 129 Å². The van der Waals surface area contributed by atoms with Gasteiger partial charge in [-0.2, -0.15) is 5.10 Å². The van der Waals surface area contributed by atoms with E-state index >= 15 is 0 Å². The van der Waals surface area contributed by atoms with Crippen LogP contribution in [0.1, 0.15) is 28.9 Å². The van der Waals surface area contributed by atoms with Crippen molar-refractivity contribution in [3.63, 3.8) is 0 Å². The first kappa shape index (κ1) is 16.0. The Morgan fingerprint density at radius 1 is 1.38 bits per heavy atom. The second kappa shape index (κ2) is 6.58. The molecule has 2 rings (SSSR count). The zero-order valence-electron chi connectivity index (χ0n) is 12.7. The third kappa shape index (κ3) is 3.63. The molecule has 0 radical (unpaired) electrons. The highest BCUT2D eigenvalue weighted by atomic mass is 35.5. The van der Waals surface area contributed by atoms with E-state index in [2.05, 4.69) is 12.0 Å². The Morgan fingerprint density at radius 3 is 2.71 bits per heavy atom. The van der Waals surface area contributed by atoms with Crippen LogP contribution in [-0.4, -0.2) is 15.8 Å². The minimum absolute atomic E-state index is 0.100. The molecule has 21 heavy (non-hydrogen) atoms. The van der Waals surface area contributed by atoms with Crippen LogP contribution >= 0.6 is 11.6 Å². The van der Waals surface area contributed by atoms with Crippen LogP contribution in [0.2, 0.25) is 5.02 Å². The van der Waals surface area contributed by atoms with Crippen molar-refractivity contribution in [2.24, 2.45) is 12.8 Å². The molecule has 0 fully saturated rings. The molecule has 0 saturated heterocycles. The minimum atomic E-state index is -0.358. The SMILES string of the molecule is Cc1nn(C)c(C)c1CCC(N)Cc1cccc(Cl)c1F. The molecule has 1 heterocycles. The summed E-state index contributed by atoms with van der Waals surface area (Å²) < 4.78 is 15.7. The summed E-state index contributed by atoms with van der Waals surface area (Å²) >= 11 is 5.79. The second-order valence-electron chi connectivity index (χ2n) is 5.49. The molecular formula is C16H21ClFN3. The third-order valence-corrected chi connectivity index (χ3v) is 4.23. The number of halogens is 2. The van der Waals surface area contributed by atoms with Gasteiger partial charge in [0.25, 0.3) is 0 Å². The monoisotopic (exact) mass is 309 g/mol. The molecule has 1 aromatic heterocycles. The number of benzene rings is 1. The fourth-order valence-electron chi connectivity index (χ4n) is 2.60. The average Bonchev–Trinajstić information content (AvgIpc) is 2.67. The number of aromatic nitrogens is 2. The first-order valence-corrected chi connectivity index (χ1v) is 7.45. The number of nitrogens with zero attached hydrogens (tertiary/aromatic N) is 2. The molecule has 0 spiro atoms. The summed E-state index contributed by atoms with van der Waals surface area (Å²) in [6.07, 6.45) is 2.14. The van der Waals surface area contributed by atoms with Crippen molar-refractivity contribution in [3.05, 3.63) is 51.6 Å². The maximum Gasteiger partial charge on any atom is 0.145 e. The van der Waals surface area contributed by atoms with Crippen LogP contribution in [0.4, 0.5) is 4.39 Å². The Bertz CT molecular complexity index is 637. The van der Waals surface area contributed by atoms with Gasteiger partial charge >= 0.3 is 0 Å². The Kier molecular flexibility index (Phi) is 5.01. The Hall–Kier alpha value is -1.39. The summed E-state index contributed by atoms with van der Waals surface area (Å²) in [5.41, 5.74) is 10.2. The number of aryl methyl sites for hydroxylation is 2. The van der Waals surface area contributed by atoms with E-state index in [1.165, 1.54) is 5.56 Å². The largest absolute Gasteiger partial charge is 0.327 e. The van der Waals surface area contributed by atoms with Crippen molar-refractivity contribution in [3.8, 4) is 0 Å². The van der Waals surface area contributed by atoms with Crippen LogP contribution in [0.5, 0.6) is 0 Å². The molecule has 2 N–H and O–H groups in total. The van der Waals surface area contributed by atoms with Crippen molar-refractivity contribution in [2.45, 2.75) is 39.2 Å². The van der Waals surface area contributed by atoms with E-state index in [1.54, 1.807) is 18.2 Å². The lowest BCUT2D eigenvalue weighted by Crippen LogP contribution is -2.24. The molecule has 1 unspecified atom stereocenters. The molecule has 0 amide bonds. The highest BCUT2D eigenvalue weighted by Crippen LogP contribution is 2.20. The van der Waals surface area contributed by atoms with E-state index in [9.17, 15) is 4.39 Å². The zero-order chi connectivity index (χ0) is 15.6. The molecule has 0 aliphatic carbocycles. The van der Waals surface area contributed by atoms with E-state index in [0.717, 1.165) is 24.2 Å². The van der Waals surface area contributed by atoms with Crippen LogP contribution < -0.4 is 5.73 Å². The third-order valence-electron chi connectivity index (χ3n) is 3.94. The van der Waals surface area contributed by atoms with Crippen LogP contribution in [0, 0.1) is 19.7 Å². The van der Waals surface area contributed by atoms with Gasteiger partial charge in [0.1, 0.15) is 5.82 Å². The smallest absolute Gasteiger partial charge is 0.145 e. The lowest BCUT2D eigenvalue weighted by molar-refractivity contribution is 0.565. The van der Waals surface area contributed by atoms with Crippen molar-refractivity contribution in [1.82, 2.24) is 9.78 Å².